The molecule has 0 aromatic carbocycles. The van der Waals surface area contributed by atoms with Crippen molar-refractivity contribution < 1.29 is 0 Å². The van der Waals surface area contributed by atoms with Crippen molar-refractivity contribution in [1.82, 2.24) is 4.90 Å². The molecule has 0 aliphatic rings. The van der Waals surface area contributed by atoms with Crippen LogP contribution in [0.5, 0.6) is 0 Å². The van der Waals surface area contributed by atoms with Crippen LogP contribution in [-0.2, 0) is 6.54 Å². The summed E-state index contributed by atoms with van der Waals surface area (Å²) in [7, 11) is 2.09. The predicted octanol–water partition coefficient (Wildman–Crippen LogP) is 3.01. The molecule has 5 heteroatoms. The van der Waals surface area contributed by atoms with Gasteiger partial charge in [0.25, 0.3) is 0 Å². The first-order valence-corrected chi connectivity index (χ1v) is 6.73. The van der Waals surface area contributed by atoms with Crippen molar-refractivity contribution in [3.05, 3.63) is 20.8 Å². The van der Waals surface area contributed by atoms with Crippen molar-refractivity contribution in [2.45, 2.75) is 25.9 Å². The lowest BCUT2D eigenvalue weighted by molar-refractivity contribution is 0.257. The van der Waals surface area contributed by atoms with Crippen molar-refractivity contribution in [3.8, 4) is 0 Å². The van der Waals surface area contributed by atoms with Crippen LogP contribution in [0.4, 0.5) is 0 Å². The smallest absolute Gasteiger partial charge is 0.0742 e. The third-order valence-electron chi connectivity index (χ3n) is 2.28. The number of hydrogen-bond donors (Lipinski definition) is 1. The molecule has 0 radical (unpaired) electrons. The minimum atomic E-state index is 0.392. The Kier molecular flexibility index (Phi) is 5.18. The first-order chi connectivity index (χ1) is 6.99. The van der Waals surface area contributed by atoms with Gasteiger partial charge < -0.3 is 5.73 Å². The van der Waals surface area contributed by atoms with E-state index in [2.05, 4.69) is 46.9 Å². The van der Waals surface area contributed by atoms with Crippen molar-refractivity contribution in [1.29, 1.82) is 0 Å². The Balaban J connectivity index is 2.47. The summed E-state index contributed by atoms with van der Waals surface area (Å²) in [6.07, 6.45) is 0.776. The van der Waals surface area contributed by atoms with E-state index in [4.69, 9.17) is 18.0 Å². The second-order valence-corrected chi connectivity index (χ2v) is 6.71. The van der Waals surface area contributed by atoms with E-state index in [1.165, 1.54) is 8.66 Å². The minimum absolute atomic E-state index is 0.392. The average molecular weight is 307 g/mol. The maximum absolute atomic E-state index is 5.53. The first kappa shape index (κ1) is 13.1. The molecule has 1 atom stereocenters. The first-order valence-electron chi connectivity index (χ1n) is 4.72. The molecule has 1 aromatic heterocycles. The number of thiophene rings is 1. The normalized spacial score (nSPS) is 13.1. The zero-order valence-corrected chi connectivity index (χ0v) is 12.1. The summed E-state index contributed by atoms with van der Waals surface area (Å²) in [5.41, 5.74) is 5.53. The molecule has 0 aliphatic carbocycles. The highest BCUT2D eigenvalue weighted by Crippen LogP contribution is 2.23. The summed E-state index contributed by atoms with van der Waals surface area (Å²) in [5.74, 6) is 0. The van der Waals surface area contributed by atoms with Crippen LogP contribution in [0.1, 0.15) is 18.2 Å². The molecule has 0 saturated carbocycles. The second kappa shape index (κ2) is 5.94. The summed E-state index contributed by atoms with van der Waals surface area (Å²) < 4.78 is 1.17. The van der Waals surface area contributed by atoms with Crippen LogP contribution in [-0.4, -0.2) is 23.0 Å². The topological polar surface area (TPSA) is 29.3 Å². The molecule has 15 heavy (non-hydrogen) atoms. The van der Waals surface area contributed by atoms with Gasteiger partial charge in [-0.25, -0.2) is 0 Å². The highest BCUT2D eigenvalue weighted by molar-refractivity contribution is 9.11. The van der Waals surface area contributed by atoms with E-state index < -0.39 is 0 Å². The largest absolute Gasteiger partial charge is 0.393 e. The third kappa shape index (κ3) is 4.59. The van der Waals surface area contributed by atoms with Crippen molar-refractivity contribution in [2.75, 3.05) is 7.05 Å². The van der Waals surface area contributed by atoms with Gasteiger partial charge in [-0.05, 0) is 42.0 Å². The standard InChI is InChI=1S/C10H15BrN2S2/c1-7(5-10(12)14)13(2)6-8-3-4-9(11)15-8/h3-4,7H,5-6H2,1-2H3,(H2,12,14). The zero-order chi connectivity index (χ0) is 11.4. The molecule has 1 unspecified atom stereocenters. The molecule has 0 amide bonds. The maximum atomic E-state index is 5.53. The number of rotatable bonds is 5. The molecule has 0 spiro atoms. The Morgan fingerprint density at radius 1 is 1.67 bits per heavy atom. The lowest BCUT2D eigenvalue weighted by atomic mass is 10.2. The van der Waals surface area contributed by atoms with Crippen LogP contribution in [0.25, 0.3) is 0 Å². The number of halogens is 1. The fourth-order valence-corrected chi connectivity index (χ4v) is 3.07. The van der Waals surface area contributed by atoms with Gasteiger partial charge in [0.1, 0.15) is 0 Å². The molecular formula is C10H15BrN2S2. The Morgan fingerprint density at radius 2 is 2.33 bits per heavy atom. The lowest BCUT2D eigenvalue weighted by Gasteiger charge is -2.23. The van der Waals surface area contributed by atoms with Crippen LogP contribution < -0.4 is 5.73 Å². The van der Waals surface area contributed by atoms with Gasteiger partial charge in [0.15, 0.2) is 0 Å². The Labute approximate surface area is 109 Å². The minimum Gasteiger partial charge on any atom is -0.393 e. The predicted molar refractivity (Wildman–Crippen MR) is 74.4 cm³/mol. The Bertz CT molecular complexity index is 338. The summed E-state index contributed by atoms with van der Waals surface area (Å²) in [6.45, 7) is 3.09. The van der Waals surface area contributed by atoms with Crippen LogP contribution in [0.2, 0.25) is 0 Å². The second-order valence-electron chi connectivity index (χ2n) is 3.64. The van der Waals surface area contributed by atoms with E-state index in [0.717, 1.165) is 13.0 Å². The van der Waals surface area contributed by atoms with Gasteiger partial charge >= 0.3 is 0 Å². The summed E-state index contributed by atoms with van der Waals surface area (Å²) in [5, 5.41) is 0. The third-order valence-corrected chi connectivity index (χ3v) is 4.06. The molecule has 84 valence electrons. The summed E-state index contributed by atoms with van der Waals surface area (Å²) in [6, 6.07) is 4.61. The zero-order valence-electron chi connectivity index (χ0n) is 8.87. The number of hydrogen-bond acceptors (Lipinski definition) is 3. The Morgan fingerprint density at radius 3 is 2.80 bits per heavy atom. The van der Waals surface area contributed by atoms with Crippen LogP contribution >= 0.6 is 39.5 Å². The van der Waals surface area contributed by atoms with Crippen LogP contribution in [0.15, 0.2) is 15.9 Å². The Hall–Kier alpha value is 0.0300. The highest BCUT2D eigenvalue weighted by atomic mass is 79.9. The number of nitrogens with two attached hydrogens (primary N) is 1. The average Bonchev–Trinajstić information content (AvgIpc) is 2.50. The molecule has 2 N–H and O–H groups in total. The molecular weight excluding hydrogens is 292 g/mol. The van der Waals surface area contributed by atoms with Gasteiger partial charge in [0.2, 0.25) is 0 Å². The number of nitrogens with zero attached hydrogens (tertiary/aromatic N) is 1. The number of thiocarbonyl (C=S) groups is 1. The van der Waals surface area contributed by atoms with Gasteiger partial charge in [-0.3, -0.25) is 4.90 Å². The van der Waals surface area contributed by atoms with Gasteiger partial charge in [-0.15, -0.1) is 11.3 Å². The SMILES string of the molecule is CC(CC(N)=S)N(C)Cc1ccc(Br)s1. The fraction of sp³-hybridized carbons (Fsp3) is 0.500. The van der Waals surface area contributed by atoms with E-state index in [9.17, 15) is 0 Å². The van der Waals surface area contributed by atoms with Gasteiger partial charge in [0.05, 0.1) is 8.77 Å². The quantitative estimate of drug-likeness (QED) is 0.848. The molecule has 1 aromatic rings. The molecule has 0 aliphatic heterocycles. The van der Waals surface area contributed by atoms with Gasteiger partial charge in [-0.1, -0.05) is 12.2 Å². The lowest BCUT2D eigenvalue weighted by Crippen LogP contribution is -2.31. The molecule has 1 rings (SSSR count). The molecule has 0 saturated heterocycles. The maximum Gasteiger partial charge on any atom is 0.0742 e. The van der Waals surface area contributed by atoms with Crippen molar-refractivity contribution in [3.63, 3.8) is 0 Å². The molecule has 2 nitrogen and oxygen atoms in total. The van der Waals surface area contributed by atoms with Crippen molar-refractivity contribution >= 4 is 44.5 Å². The highest BCUT2D eigenvalue weighted by Gasteiger charge is 2.11. The monoisotopic (exact) mass is 306 g/mol. The molecule has 0 bridgehead atoms. The van der Waals surface area contributed by atoms with Gasteiger partial charge in [0, 0.05) is 23.9 Å². The fourth-order valence-electron chi connectivity index (χ4n) is 1.29. The van der Waals surface area contributed by atoms with Crippen molar-refractivity contribution in [2.24, 2.45) is 5.73 Å². The van der Waals surface area contributed by atoms with E-state index in [-0.39, 0.29) is 0 Å². The summed E-state index contributed by atoms with van der Waals surface area (Å²) >= 11 is 10.1. The molecule has 0 fully saturated rings. The van der Waals surface area contributed by atoms with Gasteiger partial charge in [-0.2, -0.15) is 0 Å². The van der Waals surface area contributed by atoms with E-state index in [1.54, 1.807) is 11.3 Å². The van der Waals surface area contributed by atoms with E-state index >= 15 is 0 Å². The van der Waals surface area contributed by atoms with Crippen LogP contribution in [0.3, 0.4) is 0 Å². The van der Waals surface area contributed by atoms with E-state index in [0.29, 0.717) is 11.0 Å². The molecule has 1 heterocycles. The summed E-state index contributed by atoms with van der Waals surface area (Å²) in [4.78, 5) is 4.19. The van der Waals surface area contributed by atoms with Crippen LogP contribution in [0, 0.1) is 0 Å². The van der Waals surface area contributed by atoms with E-state index in [1.807, 2.05) is 0 Å².